The van der Waals surface area contributed by atoms with E-state index in [1.807, 2.05) is 6.07 Å². The second-order valence-corrected chi connectivity index (χ2v) is 5.77. The molecule has 1 heterocycles. The summed E-state index contributed by atoms with van der Waals surface area (Å²) in [6.45, 7) is 0.115. The van der Waals surface area contributed by atoms with Crippen molar-refractivity contribution < 1.29 is 19.1 Å². The molecule has 28 heavy (non-hydrogen) atoms. The monoisotopic (exact) mass is 385 g/mol. The van der Waals surface area contributed by atoms with Gasteiger partial charge in [-0.05, 0) is 29.8 Å². The number of nitrogens with two attached hydrogens (primary N) is 1. The number of H-pyrrole nitrogens is 1. The van der Waals surface area contributed by atoms with E-state index in [4.69, 9.17) is 19.9 Å². The van der Waals surface area contributed by atoms with Crippen LogP contribution in [0.3, 0.4) is 0 Å². The summed E-state index contributed by atoms with van der Waals surface area (Å²) < 4.78 is 16.1. The molecule has 3 N–H and O–H groups in total. The van der Waals surface area contributed by atoms with Crippen molar-refractivity contribution in [1.82, 2.24) is 15.2 Å². The first kappa shape index (κ1) is 19.1. The second-order valence-electron chi connectivity index (χ2n) is 5.77. The number of aromatic amines is 1. The van der Waals surface area contributed by atoms with Crippen molar-refractivity contribution in [1.29, 1.82) is 0 Å². The average molecular weight is 385 g/mol. The molecule has 0 bridgehead atoms. The third kappa shape index (κ3) is 4.18. The van der Waals surface area contributed by atoms with Crippen molar-refractivity contribution in [3.05, 3.63) is 69.8 Å². The van der Waals surface area contributed by atoms with Gasteiger partial charge in [0.25, 0.3) is 5.69 Å². The summed E-state index contributed by atoms with van der Waals surface area (Å²) >= 11 is 0. The minimum absolute atomic E-state index is 0.00445. The number of nitro groups is 1. The van der Waals surface area contributed by atoms with Gasteiger partial charge in [-0.25, -0.2) is 4.98 Å². The third-order valence-corrected chi connectivity index (χ3v) is 4.02. The van der Waals surface area contributed by atoms with E-state index >= 15 is 0 Å². The van der Waals surface area contributed by atoms with Gasteiger partial charge in [-0.3, -0.25) is 15.2 Å². The molecule has 1 aromatic heterocycles. The summed E-state index contributed by atoms with van der Waals surface area (Å²) in [4.78, 5) is 14.5. The lowest BCUT2D eigenvalue weighted by Crippen LogP contribution is -2.14. The molecule has 0 saturated heterocycles. The Morgan fingerprint density at radius 1 is 1.14 bits per heavy atom. The molecule has 0 aliphatic carbocycles. The van der Waals surface area contributed by atoms with Crippen LogP contribution < -0.4 is 19.9 Å². The number of hydrogen-bond acceptors (Lipinski definition) is 8. The molecule has 10 nitrogen and oxygen atoms in total. The molecule has 3 rings (SSSR count). The van der Waals surface area contributed by atoms with E-state index in [1.54, 1.807) is 26.4 Å². The van der Waals surface area contributed by atoms with Crippen molar-refractivity contribution in [2.45, 2.75) is 12.6 Å². The number of methoxy groups -OCH3 is 2. The highest BCUT2D eigenvalue weighted by molar-refractivity contribution is 5.44. The van der Waals surface area contributed by atoms with Gasteiger partial charge in [0.1, 0.15) is 12.4 Å². The molecule has 3 aromatic rings. The molecule has 0 aliphatic heterocycles. The van der Waals surface area contributed by atoms with Crippen LogP contribution in [-0.2, 0) is 6.61 Å². The van der Waals surface area contributed by atoms with E-state index in [0.717, 1.165) is 5.56 Å². The first-order chi connectivity index (χ1) is 13.5. The maximum absolute atomic E-state index is 10.7. The van der Waals surface area contributed by atoms with Gasteiger partial charge < -0.3 is 19.9 Å². The predicted molar refractivity (Wildman–Crippen MR) is 99.4 cm³/mol. The number of rotatable bonds is 8. The van der Waals surface area contributed by atoms with Gasteiger partial charge in [0.2, 0.25) is 0 Å². The fourth-order valence-corrected chi connectivity index (χ4v) is 2.52. The van der Waals surface area contributed by atoms with E-state index in [2.05, 4.69) is 15.2 Å². The number of nitrogens with zero attached hydrogens (tertiary/aromatic N) is 3. The normalized spacial score (nSPS) is 11.7. The fraction of sp³-hybridized carbons (Fsp3) is 0.222. The maximum atomic E-state index is 10.7. The Hall–Kier alpha value is -3.66. The first-order valence-electron chi connectivity index (χ1n) is 8.27. The highest BCUT2D eigenvalue weighted by atomic mass is 16.6. The van der Waals surface area contributed by atoms with Crippen molar-refractivity contribution in [2.75, 3.05) is 14.2 Å². The van der Waals surface area contributed by atoms with Gasteiger partial charge >= 0.3 is 0 Å². The van der Waals surface area contributed by atoms with E-state index in [9.17, 15) is 10.1 Å². The summed E-state index contributed by atoms with van der Waals surface area (Å²) in [6.07, 6.45) is 0. The van der Waals surface area contributed by atoms with Crippen LogP contribution >= 0.6 is 0 Å². The van der Waals surface area contributed by atoms with Crippen LogP contribution in [0.25, 0.3) is 0 Å². The first-order valence-corrected chi connectivity index (χ1v) is 8.27. The fourth-order valence-electron chi connectivity index (χ4n) is 2.52. The summed E-state index contributed by atoms with van der Waals surface area (Å²) in [5.41, 5.74) is 7.01. The number of aromatic nitrogens is 3. The van der Waals surface area contributed by atoms with Gasteiger partial charge in [0.05, 0.1) is 25.2 Å². The molecule has 1 unspecified atom stereocenters. The van der Waals surface area contributed by atoms with E-state index < -0.39 is 11.0 Å². The molecule has 0 radical (unpaired) electrons. The lowest BCUT2D eigenvalue weighted by molar-refractivity contribution is -0.384. The Kier molecular flexibility index (Phi) is 5.70. The SMILES string of the molecule is COc1ccc(C(N)c2n[nH]c(COc3ccc([N+](=O)[O-])cc3)n2)cc1OC. The number of benzene rings is 2. The standard InChI is InChI=1S/C18H19N5O5/c1-26-14-8-3-11(9-15(14)27-2)17(19)18-20-16(21-22-18)10-28-13-6-4-12(5-7-13)23(24)25/h3-9,17H,10,19H2,1-2H3,(H,20,21,22). The highest BCUT2D eigenvalue weighted by Crippen LogP contribution is 2.30. The van der Waals surface area contributed by atoms with Crippen molar-refractivity contribution in [3.8, 4) is 17.2 Å². The molecule has 146 valence electrons. The molecule has 0 spiro atoms. The van der Waals surface area contributed by atoms with Crippen LogP contribution in [0.5, 0.6) is 17.2 Å². The van der Waals surface area contributed by atoms with Crippen molar-refractivity contribution >= 4 is 5.69 Å². The quantitative estimate of drug-likeness (QED) is 0.445. The Morgan fingerprint density at radius 3 is 2.50 bits per heavy atom. The summed E-state index contributed by atoms with van der Waals surface area (Å²) in [5.74, 6) is 2.52. The van der Waals surface area contributed by atoms with E-state index in [0.29, 0.717) is 28.9 Å². The van der Waals surface area contributed by atoms with E-state index in [-0.39, 0.29) is 12.3 Å². The minimum atomic E-state index is -0.566. The Labute approximate surface area is 160 Å². The minimum Gasteiger partial charge on any atom is -0.493 e. The van der Waals surface area contributed by atoms with Crippen molar-refractivity contribution in [2.24, 2.45) is 5.73 Å². The number of ether oxygens (including phenoxy) is 3. The summed E-state index contributed by atoms with van der Waals surface area (Å²) in [6, 6.07) is 10.6. The Morgan fingerprint density at radius 2 is 1.86 bits per heavy atom. The van der Waals surface area contributed by atoms with Crippen molar-refractivity contribution in [3.63, 3.8) is 0 Å². The van der Waals surface area contributed by atoms with Crippen LogP contribution in [0.1, 0.15) is 23.3 Å². The number of hydrogen-bond donors (Lipinski definition) is 2. The van der Waals surface area contributed by atoms with Gasteiger partial charge in [-0.15, -0.1) is 0 Å². The summed E-state index contributed by atoms with van der Waals surface area (Å²) in [7, 11) is 3.11. The van der Waals surface area contributed by atoms with Gasteiger partial charge in [-0.1, -0.05) is 6.07 Å². The van der Waals surface area contributed by atoms with Crippen LogP contribution in [-0.4, -0.2) is 34.3 Å². The topological polar surface area (TPSA) is 138 Å². The third-order valence-electron chi connectivity index (χ3n) is 4.02. The largest absolute Gasteiger partial charge is 0.493 e. The Bertz CT molecular complexity index is 957. The molecule has 1 atom stereocenters. The zero-order valence-corrected chi connectivity index (χ0v) is 15.3. The van der Waals surface area contributed by atoms with Crippen LogP contribution in [0, 0.1) is 10.1 Å². The smallest absolute Gasteiger partial charge is 0.269 e. The highest BCUT2D eigenvalue weighted by Gasteiger charge is 2.17. The van der Waals surface area contributed by atoms with Gasteiger partial charge in [-0.2, -0.15) is 5.10 Å². The number of nitro benzene ring substituents is 1. The molecule has 0 aliphatic rings. The molecule has 10 heteroatoms. The number of nitrogens with one attached hydrogen (secondary N) is 1. The van der Waals surface area contributed by atoms with Crippen LogP contribution in [0.2, 0.25) is 0 Å². The van der Waals surface area contributed by atoms with E-state index in [1.165, 1.54) is 24.3 Å². The van der Waals surface area contributed by atoms with Crippen LogP contribution in [0.15, 0.2) is 42.5 Å². The maximum Gasteiger partial charge on any atom is 0.269 e. The van der Waals surface area contributed by atoms with Crippen LogP contribution in [0.4, 0.5) is 5.69 Å². The molecular weight excluding hydrogens is 366 g/mol. The predicted octanol–water partition coefficient (Wildman–Crippen LogP) is 2.36. The molecular formula is C18H19N5O5. The molecule has 0 amide bonds. The average Bonchev–Trinajstić information content (AvgIpc) is 3.20. The molecule has 2 aromatic carbocycles. The van der Waals surface area contributed by atoms with Gasteiger partial charge in [0, 0.05) is 12.1 Å². The Balaban J connectivity index is 1.67. The van der Waals surface area contributed by atoms with Gasteiger partial charge in [0.15, 0.2) is 23.1 Å². The lowest BCUT2D eigenvalue weighted by atomic mass is 10.1. The summed E-state index contributed by atoms with van der Waals surface area (Å²) in [5, 5.41) is 17.6. The number of non-ortho nitro benzene ring substituents is 1. The second kappa shape index (κ2) is 8.35. The molecule has 0 saturated carbocycles. The zero-order chi connectivity index (χ0) is 20.1. The lowest BCUT2D eigenvalue weighted by Gasteiger charge is -2.12. The zero-order valence-electron chi connectivity index (χ0n) is 15.3. The molecule has 0 fully saturated rings.